The molecular weight excluding hydrogens is 268 g/mol. The van der Waals surface area contributed by atoms with Crippen LogP contribution in [-0.2, 0) is 18.2 Å². The van der Waals surface area contributed by atoms with Crippen molar-refractivity contribution >= 4 is 11.8 Å². The molecule has 2 rings (SSSR count). The standard InChI is InChI=1S/C15H22N4S/c1-10-7-12(15(3,4)5)8-11(2)13(10)9-20-14-16-17-18-19(14)6/h7-8H,9H2,1-6H3. The van der Waals surface area contributed by atoms with Gasteiger partial charge in [-0.25, -0.2) is 4.68 Å². The Hall–Kier alpha value is -1.36. The third-order valence-electron chi connectivity index (χ3n) is 3.49. The monoisotopic (exact) mass is 290 g/mol. The van der Waals surface area contributed by atoms with Gasteiger partial charge >= 0.3 is 0 Å². The number of aryl methyl sites for hydroxylation is 3. The molecule has 0 unspecified atom stereocenters. The van der Waals surface area contributed by atoms with E-state index in [1.807, 2.05) is 7.05 Å². The summed E-state index contributed by atoms with van der Waals surface area (Å²) in [6.45, 7) is 11.1. The fraction of sp³-hybridized carbons (Fsp3) is 0.533. The highest BCUT2D eigenvalue weighted by Gasteiger charge is 2.16. The average Bonchev–Trinajstić information content (AvgIpc) is 2.72. The van der Waals surface area contributed by atoms with Gasteiger partial charge in [0.1, 0.15) is 0 Å². The second kappa shape index (κ2) is 5.56. The molecule has 0 atom stereocenters. The number of benzene rings is 1. The Morgan fingerprint density at radius 1 is 1.15 bits per heavy atom. The van der Waals surface area contributed by atoms with Crippen molar-refractivity contribution in [3.05, 3.63) is 34.4 Å². The summed E-state index contributed by atoms with van der Waals surface area (Å²) in [6, 6.07) is 4.61. The van der Waals surface area contributed by atoms with Crippen LogP contribution in [0.4, 0.5) is 0 Å². The molecule has 0 spiro atoms. The molecule has 1 heterocycles. The van der Waals surface area contributed by atoms with Crippen molar-refractivity contribution in [3.8, 4) is 0 Å². The molecule has 2 aromatic rings. The molecule has 20 heavy (non-hydrogen) atoms. The van der Waals surface area contributed by atoms with Crippen LogP contribution < -0.4 is 0 Å². The van der Waals surface area contributed by atoms with Gasteiger partial charge in [-0.3, -0.25) is 0 Å². The van der Waals surface area contributed by atoms with Crippen LogP contribution in [0.2, 0.25) is 0 Å². The molecule has 0 bridgehead atoms. The van der Waals surface area contributed by atoms with Crippen molar-refractivity contribution in [2.24, 2.45) is 7.05 Å². The number of nitrogens with zero attached hydrogens (tertiary/aromatic N) is 4. The Balaban J connectivity index is 2.23. The first-order valence-electron chi connectivity index (χ1n) is 6.75. The molecule has 4 nitrogen and oxygen atoms in total. The van der Waals surface area contributed by atoms with Crippen LogP contribution in [0.25, 0.3) is 0 Å². The van der Waals surface area contributed by atoms with E-state index in [0.717, 1.165) is 10.9 Å². The molecule has 0 radical (unpaired) electrons. The van der Waals surface area contributed by atoms with Crippen molar-refractivity contribution in [1.82, 2.24) is 20.2 Å². The van der Waals surface area contributed by atoms with Gasteiger partial charge in [0.25, 0.3) is 0 Å². The lowest BCUT2D eigenvalue weighted by Crippen LogP contribution is -2.12. The third kappa shape index (κ3) is 3.20. The van der Waals surface area contributed by atoms with Gasteiger partial charge in [0, 0.05) is 12.8 Å². The first-order chi connectivity index (χ1) is 9.29. The second-order valence-corrected chi connectivity index (χ2v) is 7.15. The normalized spacial score (nSPS) is 11.9. The zero-order valence-corrected chi connectivity index (χ0v) is 13.9. The van der Waals surface area contributed by atoms with Crippen LogP contribution in [0.15, 0.2) is 17.3 Å². The summed E-state index contributed by atoms with van der Waals surface area (Å²) in [7, 11) is 1.87. The number of hydrogen-bond donors (Lipinski definition) is 0. The highest BCUT2D eigenvalue weighted by molar-refractivity contribution is 7.98. The smallest absolute Gasteiger partial charge is 0.209 e. The van der Waals surface area contributed by atoms with Crippen molar-refractivity contribution in [1.29, 1.82) is 0 Å². The molecule has 0 fully saturated rings. The summed E-state index contributed by atoms with van der Waals surface area (Å²) in [5.41, 5.74) is 5.65. The summed E-state index contributed by atoms with van der Waals surface area (Å²) in [4.78, 5) is 0. The Kier molecular flexibility index (Phi) is 4.18. The number of rotatable bonds is 3. The number of tetrazole rings is 1. The second-order valence-electron chi connectivity index (χ2n) is 6.21. The highest BCUT2D eigenvalue weighted by atomic mass is 32.2. The number of thioether (sulfide) groups is 1. The van der Waals surface area contributed by atoms with Crippen LogP contribution in [-0.4, -0.2) is 20.2 Å². The Morgan fingerprint density at radius 2 is 1.75 bits per heavy atom. The fourth-order valence-electron chi connectivity index (χ4n) is 2.13. The SMILES string of the molecule is Cc1cc(C(C)(C)C)cc(C)c1CSc1nnnn1C. The molecular formula is C15H22N4S. The zero-order valence-electron chi connectivity index (χ0n) is 13.1. The van der Waals surface area contributed by atoms with Crippen molar-refractivity contribution in [2.45, 2.75) is 50.9 Å². The van der Waals surface area contributed by atoms with Gasteiger partial charge in [0.15, 0.2) is 0 Å². The van der Waals surface area contributed by atoms with Gasteiger partial charge in [-0.15, -0.1) is 5.10 Å². The summed E-state index contributed by atoms with van der Waals surface area (Å²) in [6.07, 6.45) is 0. The predicted octanol–water partition coefficient (Wildman–Crippen LogP) is 3.42. The lowest BCUT2D eigenvalue weighted by Gasteiger charge is -2.22. The van der Waals surface area contributed by atoms with Crippen LogP contribution in [0, 0.1) is 13.8 Å². The van der Waals surface area contributed by atoms with Crippen LogP contribution >= 0.6 is 11.8 Å². The Bertz CT molecular complexity index is 588. The molecule has 0 aliphatic heterocycles. The van der Waals surface area contributed by atoms with Gasteiger partial charge < -0.3 is 0 Å². The van der Waals surface area contributed by atoms with Crippen LogP contribution in [0.5, 0.6) is 0 Å². The van der Waals surface area contributed by atoms with E-state index in [1.165, 1.54) is 22.3 Å². The summed E-state index contributed by atoms with van der Waals surface area (Å²) < 4.78 is 1.71. The van der Waals surface area contributed by atoms with E-state index in [2.05, 4.69) is 62.3 Å². The van der Waals surface area contributed by atoms with Crippen LogP contribution in [0.3, 0.4) is 0 Å². The number of aromatic nitrogens is 4. The molecule has 0 amide bonds. The maximum atomic E-state index is 4.01. The van der Waals surface area contributed by atoms with Crippen molar-refractivity contribution < 1.29 is 0 Å². The maximum absolute atomic E-state index is 4.01. The molecule has 5 heteroatoms. The van der Waals surface area contributed by atoms with E-state index in [1.54, 1.807) is 16.4 Å². The van der Waals surface area contributed by atoms with Gasteiger partial charge in [-0.2, -0.15) is 0 Å². The van der Waals surface area contributed by atoms with Crippen molar-refractivity contribution in [2.75, 3.05) is 0 Å². The lowest BCUT2D eigenvalue weighted by atomic mass is 9.84. The minimum Gasteiger partial charge on any atom is -0.224 e. The highest BCUT2D eigenvalue weighted by Crippen LogP contribution is 2.30. The summed E-state index contributed by atoms with van der Waals surface area (Å²) >= 11 is 1.68. The topological polar surface area (TPSA) is 43.6 Å². The number of hydrogen-bond acceptors (Lipinski definition) is 4. The minimum atomic E-state index is 0.189. The molecule has 1 aromatic heterocycles. The Morgan fingerprint density at radius 3 is 2.20 bits per heavy atom. The van der Waals surface area contributed by atoms with Gasteiger partial charge in [-0.05, 0) is 51.9 Å². The van der Waals surface area contributed by atoms with E-state index in [9.17, 15) is 0 Å². The quantitative estimate of drug-likeness (QED) is 0.812. The van der Waals surface area contributed by atoms with Gasteiger partial charge in [-0.1, -0.05) is 44.7 Å². The molecule has 0 saturated heterocycles. The zero-order chi connectivity index (χ0) is 14.9. The van der Waals surface area contributed by atoms with E-state index in [4.69, 9.17) is 0 Å². The largest absolute Gasteiger partial charge is 0.224 e. The van der Waals surface area contributed by atoms with E-state index in [-0.39, 0.29) is 5.41 Å². The van der Waals surface area contributed by atoms with E-state index < -0.39 is 0 Å². The van der Waals surface area contributed by atoms with Gasteiger partial charge in [0.2, 0.25) is 5.16 Å². The van der Waals surface area contributed by atoms with Gasteiger partial charge in [0.05, 0.1) is 0 Å². The van der Waals surface area contributed by atoms with E-state index in [0.29, 0.717) is 0 Å². The average molecular weight is 290 g/mol. The first-order valence-corrected chi connectivity index (χ1v) is 7.73. The Labute approximate surface area is 125 Å². The lowest BCUT2D eigenvalue weighted by molar-refractivity contribution is 0.589. The fourth-order valence-corrected chi connectivity index (χ4v) is 3.18. The summed E-state index contributed by atoms with van der Waals surface area (Å²) in [5, 5.41) is 12.4. The minimum absolute atomic E-state index is 0.189. The van der Waals surface area contributed by atoms with Crippen molar-refractivity contribution in [3.63, 3.8) is 0 Å². The molecule has 108 valence electrons. The van der Waals surface area contributed by atoms with E-state index >= 15 is 0 Å². The first kappa shape index (κ1) is 15.0. The molecule has 0 aliphatic rings. The predicted molar refractivity (Wildman–Crippen MR) is 83.0 cm³/mol. The van der Waals surface area contributed by atoms with Crippen LogP contribution in [0.1, 0.15) is 43.0 Å². The summed E-state index contributed by atoms with van der Waals surface area (Å²) in [5.74, 6) is 0.899. The maximum Gasteiger partial charge on any atom is 0.209 e. The molecule has 1 aromatic carbocycles. The third-order valence-corrected chi connectivity index (χ3v) is 4.53. The molecule has 0 saturated carbocycles. The molecule has 0 aliphatic carbocycles. The molecule has 0 N–H and O–H groups in total.